The summed E-state index contributed by atoms with van der Waals surface area (Å²) in [6.07, 6.45) is 3.03. The molecule has 0 unspecified atom stereocenters. The van der Waals surface area contributed by atoms with E-state index in [0.717, 1.165) is 24.8 Å². The Morgan fingerprint density at radius 1 is 1.08 bits per heavy atom. The van der Waals surface area contributed by atoms with Gasteiger partial charge in [0.25, 0.3) is 0 Å². The van der Waals surface area contributed by atoms with Crippen LogP contribution in [0.15, 0.2) is 23.1 Å². The molecule has 0 saturated carbocycles. The van der Waals surface area contributed by atoms with Gasteiger partial charge in [-0.15, -0.1) is 0 Å². The zero-order valence-corrected chi connectivity index (χ0v) is 15.1. The standard InChI is InChI=1S/C17H23N3O4S/c1-13(21)18-12-17(22)19-7-9-20(10-8-19)25(23,24)16-6-5-14-3-2-4-15(14)11-16/h5-6,11H,2-4,7-10,12H2,1H3,(H,18,21). The molecule has 7 nitrogen and oxygen atoms in total. The number of benzene rings is 1. The Morgan fingerprint density at radius 2 is 1.76 bits per heavy atom. The summed E-state index contributed by atoms with van der Waals surface area (Å²) in [4.78, 5) is 24.8. The molecule has 0 radical (unpaired) electrons. The Morgan fingerprint density at radius 3 is 2.44 bits per heavy atom. The molecule has 2 amide bonds. The van der Waals surface area contributed by atoms with Crippen LogP contribution in [-0.2, 0) is 32.5 Å². The normalized spacial score (nSPS) is 18.0. The minimum atomic E-state index is -3.53. The van der Waals surface area contributed by atoms with E-state index in [2.05, 4.69) is 5.32 Å². The zero-order chi connectivity index (χ0) is 18.0. The van der Waals surface area contributed by atoms with E-state index in [4.69, 9.17) is 0 Å². The van der Waals surface area contributed by atoms with E-state index >= 15 is 0 Å². The second-order valence-corrected chi connectivity index (χ2v) is 8.42. The summed E-state index contributed by atoms with van der Waals surface area (Å²) < 4.78 is 27.1. The Kier molecular flexibility index (Phi) is 5.10. The third-order valence-electron chi connectivity index (χ3n) is 4.79. The van der Waals surface area contributed by atoms with Gasteiger partial charge >= 0.3 is 0 Å². The molecule has 1 aliphatic heterocycles. The number of nitrogens with one attached hydrogen (secondary N) is 1. The number of piperazine rings is 1. The number of hydrogen-bond acceptors (Lipinski definition) is 4. The molecule has 0 aromatic heterocycles. The Hall–Kier alpha value is -1.93. The highest BCUT2D eigenvalue weighted by Gasteiger charge is 2.30. The number of amides is 2. The molecule has 0 atom stereocenters. The molecule has 25 heavy (non-hydrogen) atoms. The van der Waals surface area contributed by atoms with E-state index in [1.54, 1.807) is 17.0 Å². The second-order valence-electron chi connectivity index (χ2n) is 6.48. The quantitative estimate of drug-likeness (QED) is 0.823. The molecule has 1 aliphatic carbocycles. The average Bonchev–Trinajstić information content (AvgIpc) is 3.07. The third-order valence-corrected chi connectivity index (χ3v) is 6.68. The molecule has 8 heteroatoms. The van der Waals surface area contributed by atoms with Crippen LogP contribution in [0, 0.1) is 0 Å². The van der Waals surface area contributed by atoms with E-state index in [-0.39, 0.29) is 31.4 Å². The van der Waals surface area contributed by atoms with Crippen molar-refractivity contribution in [1.82, 2.24) is 14.5 Å². The van der Waals surface area contributed by atoms with Gasteiger partial charge in [0.05, 0.1) is 11.4 Å². The minimum Gasteiger partial charge on any atom is -0.347 e. The van der Waals surface area contributed by atoms with Gasteiger partial charge in [-0.25, -0.2) is 8.42 Å². The monoisotopic (exact) mass is 365 g/mol. The molecule has 3 rings (SSSR count). The Labute approximate surface area is 148 Å². The van der Waals surface area contributed by atoms with Crippen LogP contribution in [0.3, 0.4) is 0 Å². The van der Waals surface area contributed by atoms with Crippen molar-refractivity contribution in [3.63, 3.8) is 0 Å². The summed E-state index contributed by atoms with van der Waals surface area (Å²) >= 11 is 0. The maximum atomic E-state index is 12.8. The van der Waals surface area contributed by atoms with Gasteiger partial charge in [0.2, 0.25) is 21.8 Å². The fourth-order valence-corrected chi connectivity index (χ4v) is 4.82. The first-order valence-electron chi connectivity index (χ1n) is 8.52. The van der Waals surface area contributed by atoms with Gasteiger partial charge in [0.1, 0.15) is 0 Å². The van der Waals surface area contributed by atoms with Crippen LogP contribution in [-0.4, -0.2) is 62.2 Å². The number of carbonyl (C=O) groups excluding carboxylic acids is 2. The van der Waals surface area contributed by atoms with E-state index < -0.39 is 10.0 Å². The molecular weight excluding hydrogens is 342 g/mol. The van der Waals surface area contributed by atoms with Gasteiger partial charge in [-0.05, 0) is 42.5 Å². The maximum Gasteiger partial charge on any atom is 0.243 e. The van der Waals surface area contributed by atoms with Crippen molar-refractivity contribution in [2.75, 3.05) is 32.7 Å². The summed E-state index contributed by atoms with van der Waals surface area (Å²) in [5, 5.41) is 2.47. The molecule has 0 spiro atoms. The van der Waals surface area contributed by atoms with Gasteiger partial charge < -0.3 is 10.2 Å². The molecular formula is C17H23N3O4S. The second kappa shape index (κ2) is 7.13. The number of sulfonamides is 1. The van der Waals surface area contributed by atoms with Gasteiger partial charge in [-0.3, -0.25) is 9.59 Å². The van der Waals surface area contributed by atoms with Crippen molar-refractivity contribution >= 4 is 21.8 Å². The number of rotatable bonds is 4. The lowest BCUT2D eigenvalue weighted by atomic mass is 10.1. The predicted molar refractivity (Wildman–Crippen MR) is 92.5 cm³/mol. The number of aryl methyl sites for hydroxylation is 2. The number of carbonyl (C=O) groups is 2. The van der Waals surface area contributed by atoms with Crippen molar-refractivity contribution in [1.29, 1.82) is 0 Å². The molecule has 1 N–H and O–H groups in total. The van der Waals surface area contributed by atoms with Crippen molar-refractivity contribution in [2.24, 2.45) is 0 Å². The molecule has 1 fully saturated rings. The van der Waals surface area contributed by atoms with Crippen LogP contribution in [0.2, 0.25) is 0 Å². The van der Waals surface area contributed by atoms with Crippen molar-refractivity contribution in [3.8, 4) is 0 Å². The van der Waals surface area contributed by atoms with Crippen LogP contribution < -0.4 is 5.32 Å². The SMILES string of the molecule is CC(=O)NCC(=O)N1CCN(S(=O)(=O)c2ccc3c(c2)CCC3)CC1. The number of hydrogen-bond donors (Lipinski definition) is 1. The lowest BCUT2D eigenvalue weighted by Crippen LogP contribution is -2.52. The first-order valence-corrected chi connectivity index (χ1v) is 9.96. The van der Waals surface area contributed by atoms with E-state index in [9.17, 15) is 18.0 Å². The van der Waals surface area contributed by atoms with Crippen LogP contribution >= 0.6 is 0 Å². The first kappa shape index (κ1) is 17.9. The summed E-state index contributed by atoms with van der Waals surface area (Å²) in [7, 11) is -3.53. The van der Waals surface area contributed by atoms with Crippen LogP contribution in [0.25, 0.3) is 0 Å². The van der Waals surface area contributed by atoms with Gasteiger partial charge in [-0.1, -0.05) is 6.07 Å². The first-order chi connectivity index (χ1) is 11.9. The summed E-state index contributed by atoms with van der Waals surface area (Å²) in [6, 6.07) is 5.40. The van der Waals surface area contributed by atoms with Gasteiger partial charge in [0, 0.05) is 33.1 Å². The molecule has 1 aromatic carbocycles. The van der Waals surface area contributed by atoms with Crippen molar-refractivity contribution in [3.05, 3.63) is 29.3 Å². The van der Waals surface area contributed by atoms with Crippen molar-refractivity contribution < 1.29 is 18.0 Å². The lowest BCUT2D eigenvalue weighted by Gasteiger charge is -2.34. The minimum absolute atomic E-state index is 0.0487. The predicted octanol–water partition coefficient (Wildman–Crippen LogP) is 0.144. The summed E-state index contributed by atoms with van der Waals surface area (Å²) in [5.41, 5.74) is 2.37. The summed E-state index contributed by atoms with van der Waals surface area (Å²) in [6.45, 7) is 2.52. The van der Waals surface area contributed by atoms with Crippen molar-refractivity contribution in [2.45, 2.75) is 31.1 Å². The van der Waals surface area contributed by atoms with E-state index in [1.165, 1.54) is 16.8 Å². The fraction of sp³-hybridized carbons (Fsp3) is 0.529. The molecule has 1 saturated heterocycles. The highest BCUT2D eigenvalue weighted by Crippen LogP contribution is 2.26. The Bertz CT molecular complexity index is 783. The third kappa shape index (κ3) is 3.85. The van der Waals surface area contributed by atoms with Gasteiger partial charge in [-0.2, -0.15) is 4.31 Å². The zero-order valence-electron chi connectivity index (χ0n) is 14.3. The topological polar surface area (TPSA) is 86.8 Å². The Balaban J connectivity index is 1.64. The van der Waals surface area contributed by atoms with Gasteiger partial charge in [0.15, 0.2) is 0 Å². The largest absolute Gasteiger partial charge is 0.347 e. The molecule has 2 aliphatic rings. The molecule has 1 aromatic rings. The van der Waals surface area contributed by atoms with E-state index in [0.29, 0.717) is 18.0 Å². The average molecular weight is 365 g/mol. The highest BCUT2D eigenvalue weighted by molar-refractivity contribution is 7.89. The summed E-state index contributed by atoms with van der Waals surface area (Å²) in [5.74, 6) is -0.448. The highest BCUT2D eigenvalue weighted by atomic mass is 32.2. The van der Waals surface area contributed by atoms with Crippen LogP contribution in [0.1, 0.15) is 24.5 Å². The van der Waals surface area contributed by atoms with E-state index in [1.807, 2.05) is 6.07 Å². The van der Waals surface area contributed by atoms with Crippen LogP contribution in [0.4, 0.5) is 0 Å². The smallest absolute Gasteiger partial charge is 0.243 e. The molecule has 1 heterocycles. The van der Waals surface area contributed by atoms with Crippen LogP contribution in [0.5, 0.6) is 0 Å². The lowest BCUT2D eigenvalue weighted by molar-refractivity contribution is -0.133. The molecule has 0 bridgehead atoms. The number of nitrogens with zero attached hydrogens (tertiary/aromatic N) is 2. The fourth-order valence-electron chi connectivity index (χ4n) is 3.35. The molecule has 136 valence electrons. The maximum absolute atomic E-state index is 12.8. The number of fused-ring (bicyclic) bond motifs is 1.